The lowest BCUT2D eigenvalue weighted by molar-refractivity contribution is -0.146. The second-order valence-corrected chi connectivity index (χ2v) is 6.48. The highest BCUT2D eigenvalue weighted by atomic mass is 16.5. The second-order valence-electron chi connectivity index (χ2n) is 6.48. The zero-order valence-electron chi connectivity index (χ0n) is 14.4. The quantitative estimate of drug-likeness (QED) is 0.850. The van der Waals surface area contributed by atoms with Gasteiger partial charge in [-0.3, -0.25) is 4.79 Å². The van der Waals surface area contributed by atoms with Gasteiger partial charge in [-0.05, 0) is 49.4 Å². The summed E-state index contributed by atoms with van der Waals surface area (Å²) in [6.45, 7) is 2.01. The van der Waals surface area contributed by atoms with Gasteiger partial charge in [0.25, 0.3) is 5.91 Å². The molecule has 0 bridgehead atoms. The van der Waals surface area contributed by atoms with Gasteiger partial charge in [0, 0.05) is 11.5 Å². The van der Waals surface area contributed by atoms with Crippen molar-refractivity contribution in [2.24, 2.45) is 0 Å². The van der Waals surface area contributed by atoms with Crippen LogP contribution in [-0.4, -0.2) is 24.5 Å². The van der Waals surface area contributed by atoms with Gasteiger partial charge in [-0.15, -0.1) is 0 Å². The fourth-order valence-corrected chi connectivity index (χ4v) is 3.26. The molecule has 0 aromatic heterocycles. The molecule has 0 fully saturated rings. The third-order valence-electron chi connectivity index (χ3n) is 4.66. The van der Waals surface area contributed by atoms with E-state index < -0.39 is 12.0 Å². The van der Waals surface area contributed by atoms with Crippen LogP contribution in [0.5, 0.6) is 0 Å². The van der Waals surface area contributed by atoms with Gasteiger partial charge < -0.3 is 10.1 Å². The molecule has 2 aromatic carbocycles. The van der Waals surface area contributed by atoms with E-state index in [1.54, 1.807) is 31.2 Å². The average Bonchev–Trinajstić information content (AvgIpc) is 2.66. The number of hydrogen-bond acceptors (Lipinski definition) is 3. The van der Waals surface area contributed by atoms with Crippen LogP contribution < -0.4 is 5.32 Å². The number of nitrogens with one attached hydrogen (secondary N) is 1. The minimum atomic E-state index is -0.674. The van der Waals surface area contributed by atoms with Crippen molar-refractivity contribution < 1.29 is 14.3 Å². The Labute approximate surface area is 148 Å². The monoisotopic (exact) mass is 337 g/mol. The highest BCUT2D eigenvalue weighted by Gasteiger charge is 2.23. The molecule has 3 rings (SSSR count). The van der Waals surface area contributed by atoms with Gasteiger partial charge in [-0.1, -0.05) is 42.5 Å². The van der Waals surface area contributed by atoms with Gasteiger partial charge in [0.2, 0.25) is 0 Å². The van der Waals surface area contributed by atoms with E-state index in [-0.39, 0.29) is 11.8 Å². The number of carbonyl (C=O) groups is 2. The molecule has 1 N–H and O–H groups in total. The Bertz CT molecular complexity index is 742. The molecule has 2 atom stereocenters. The summed E-state index contributed by atoms with van der Waals surface area (Å²) in [5.41, 5.74) is 3.16. The van der Waals surface area contributed by atoms with Gasteiger partial charge >= 0.3 is 5.97 Å². The molecule has 25 heavy (non-hydrogen) atoms. The van der Waals surface area contributed by atoms with E-state index in [1.165, 1.54) is 11.1 Å². The van der Waals surface area contributed by atoms with Gasteiger partial charge in [-0.25, -0.2) is 4.79 Å². The maximum absolute atomic E-state index is 12.2. The van der Waals surface area contributed by atoms with Crippen molar-refractivity contribution in [1.82, 2.24) is 5.32 Å². The summed E-state index contributed by atoms with van der Waals surface area (Å²) in [5.74, 6) is -0.425. The first-order valence-electron chi connectivity index (χ1n) is 8.75. The minimum Gasteiger partial charge on any atom is -0.464 e. The van der Waals surface area contributed by atoms with Crippen molar-refractivity contribution in [1.29, 1.82) is 0 Å². The van der Waals surface area contributed by atoms with Crippen molar-refractivity contribution in [3.05, 3.63) is 71.3 Å². The van der Waals surface area contributed by atoms with Crippen molar-refractivity contribution >= 4 is 11.9 Å². The molecule has 4 nitrogen and oxygen atoms in total. The normalized spacial score (nSPS) is 17.2. The third kappa shape index (κ3) is 4.27. The van der Waals surface area contributed by atoms with Crippen LogP contribution in [0.15, 0.2) is 54.6 Å². The second kappa shape index (κ2) is 7.97. The topological polar surface area (TPSA) is 55.4 Å². The molecule has 4 heteroatoms. The smallest absolute Gasteiger partial charge is 0.328 e. The van der Waals surface area contributed by atoms with Crippen molar-refractivity contribution in [3.63, 3.8) is 0 Å². The molecule has 1 amide bonds. The number of benzene rings is 2. The molecule has 0 saturated heterocycles. The van der Waals surface area contributed by atoms with Crippen LogP contribution in [0, 0.1) is 0 Å². The summed E-state index contributed by atoms with van der Waals surface area (Å²) in [6.07, 6.45) is 3.22. The Morgan fingerprint density at radius 3 is 2.64 bits per heavy atom. The number of aryl methyl sites for hydroxylation is 1. The Morgan fingerprint density at radius 1 is 1.12 bits per heavy atom. The molecular formula is C21H23NO3. The predicted octanol–water partition coefficient (Wildman–Crippen LogP) is 3.47. The summed E-state index contributed by atoms with van der Waals surface area (Å²) in [4.78, 5) is 24.3. The third-order valence-corrected chi connectivity index (χ3v) is 4.66. The van der Waals surface area contributed by atoms with E-state index in [1.807, 2.05) is 12.1 Å². The SMILES string of the molecule is CC(NC(=O)c1ccccc1)C(=O)OCC1CCCc2ccccc21. The highest BCUT2D eigenvalue weighted by Crippen LogP contribution is 2.31. The van der Waals surface area contributed by atoms with Crippen LogP contribution >= 0.6 is 0 Å². The van der Waals surface area contributed by atoms with Crippen LogP contribution in [0.1, 0.15) is 47.2 Å². The first kappa shape index (κ1) is 17.2. The molecule has 130 valence electrons. The largest absolute Gasteiger partial charge is 0.464 e. The Hall–Kier alpha value is -2.62. The van der Waals surface area contributed by atoms with Crippen LogP contribution in [0.3, 0.4) is 0 Å². The van der Waals surface area contributed by atoms with E-state index in [2.05, 4.69) is 23.5 Å². The van der Waals surface area contributed by atoms with E-state index in [4.69, 9.17) is 4.74 Å². The Balaban J connectivity index is 1.54. The first-order valence-corrected chi connectivity index (χ1v) is 8.75. The molecule has 0 radical (unpaired) electrons. The zero-order chi connectivity index (χ0) is 17.6. The minimum absolute atomic E-state index is 0.242. The number of fused-ring (bicyclic) bond motifs is 1. The summed E-state index contributed by atoms with van der Waals surface area (Å²) < 4.78 is 5.48. The van der Waals surface area contributed by atoms with Gasteiger partial charge in [-0.2, -0.15) is 0 Å². The number of rotatable bonds is 5. The summed E-state index contributed by atoms with van der Waals surface area (Å²) in [5, 5.41) is 2.69. The van der Waals surface area contributed by atoms with E-state index in [0.717, 1.165) is 19.3 Å². The fourth-order valence-electron chi connectivity index (χ4n) is 3.26. The standard InChI is InChI=1S/C21H23NO3/c1-15(22-20(23)17-9-3-2-4-10-17)21(24)25-14-18-12-7-11-16-8-5-6-13-19(16)18/h2-6,8-10,13,15,18H,7,11-12,14H2,1H3,(H,22,23). The summed E-state index contributed by atoms with van der Waals surface area (Å²) in [7, 11) is 0. The molecule has 2 unspecified atom stereocenters. The summed E-state index contributed by atoms with van der Waals surface area (Å²) in [6, 6.07) is 16.5. The van der Waals surface area contributed by atoms with Crippen LogP contribution in [-0.2, 0) is 16.0 Å². The summed E-state index contributed by atoms with van der Waals surface area (Å²) >= 11 is 0. The van der Waals surface area contributed by atoms with E-state index in [9.17, 15) is 9.59 Å². The predicted molar refractivity (Wildman–Crippen MR) is 96.5 cm³/mol. The number of ether oxygens (including phenoxy) is 1. The molecule has 0 saturated carbocycles. The van der Waals surface area contributed by atoms with Crippen LogP contribution in [0.4, 0.5) is 0 Å². The first-order chi connectivity index (χ1) is 12.1. The Kier molecular flexibility index (Phi) is 5.49. The molecule has 0 heterocycles. The molecule has 0 aliphatic heterocycles. The average molecular weight is 337 g/mol. The van der Waals surface area contributed by atoms with Gasteiger partial charge in [0.1, 0.15) is 6.04 Å². The number of amides is 1. The molecule has 1 aliphatic carbocycles. The van der Waals surface area contributed by atoms with Gasteiger partial charge in [0.05, 0.1) is 6.61 Å². The number of carbonyl (C=O) groups excluding carboxylic acids is 2. The van der Waals surface area contributed by atoms with Crippen LogP contribution in [0.2, 0.25) is 0 Å². The van der Waals surface area contributed by atoms with Crippen molar-refractivity contribution in [2.45, 2.75) is 38.1 Å². The maximum atomic E-state index is 12.2. The van der Waals surface area contributed by atoms with Gasteiger partial charge in [0.15, 0.2) is 0 Å². The number of hydrogen-bond donors (Lipinski definition) is 1. The van der Waals surface area contributed by atoms with Crippen molar-refractivity contribution in [3.8, 4) is 0 Å². The molecular weight excluding hydrogens is 314 g/mol. The van der Waals surface area contributed by atoms with Crippen LogP contribution in [0.25, 0.3) is 0 Å². The maximum Gasteiger partial charge on any atom is 0.328 e. The van der Waals surface area contributed by atoms with Crippen molar-refractivity contribution in [2.75, 3.05) is 6.61 Å². The lowest BCUT2D eigenvalue weighted by atomic mass is 9.83. The molecule has 2 aromatic rings. The molecule has 1 aliphatic rings. The lowest BCUT2D eigenvalue weighted by Crippen LogP contribution is -2.40. The van der Waals surface area contributed by atoms with E-state index >= 15 is 0 Å². The molecule has 0 spiro atoms. The van der Waals surface area contributed by atoms with E-state index in [0.29, 0.717) is 12.2 Å². The fraction of sp³-hybridized carbons (Fsp3) is 0.333. The number of esters is 1. The highest BCUT2D eigenvalue weighted by molar-refractivity contribution is 5.96. The lowest BCUT2D eigenvalue weighted by Gasteiger charge is -2.25. The Morgan fingerprint density at radius 2 is 1.84 bits per heavy atom. The zero-order valence-corrected chi connectivity index (χ0v) is 14.4.